The Kier molecular flexibility index (Phi) is 5.22. The molecule has 0 N–H and O–H groups in total. The van der Waals surface area contributed by atoms with Crippen LogP contribution in [0, 0.1) is 5.92 Å². The van der Waals surface area contributed by atoms with Gasteiger partial charge in [0, 0.05) is 0 Å². The zero-order valence-electron chi connectivity index (χ0n) is 7.65. The molecule has 0 aromatic rings. The van der Waals surface area contributed by atoms with E-state index in [-0.39, 0.29) is 25.6 Å². The molecule has 0 heterocycles. The molecule has 2 heteroatoms. The van der Waals surface area contributed by atoms with E-state index in [0.717, 1.165) is 0 Å². The van der Waals surface area contributed by atoms with Crippen molar-refractivity contribution in [2.45, 2.75) is 33.0 Å². The van der Waals surface area contributed by atoms with E-state index in [2.05, 4.69) is 13.8 Å². The molecule has 0 aliphatic rings. The standard InChI is InChI=1S/C6H13B.Li.H/c1-5(2)6(3,4)7;;/h5H,1-4H3;;/q;+1;-1. The molecule has 0 atom stereocenters. The van der Waals surface area contributed by atoms with E-state index < -0.39 is 0 Å². The molecule has 0 aromatic carbocycles. The average Bonchev–Trinajstić information content (AvgIpc) is 1.31. The topological polar surface area (TPSA) is 0 Å². The minimum absolute atomic E-state index is 0. The van der Waals surface area contributed by atoms with Crippen molar-refractivity contribution in [2.24, 2.45) is 5.92 Å². The quantitative estimate of drug-likeness (QED) is 0.379. The SMILES string of the molecule is [B]C(C)(C)C(C)C.[H-].[Li+]. The van der Waals surface area contributed by atoms with Crippen LogP contribution in [-0.2, 0) is 0 Å². The largest absolute Gasteiger partial charge is 1.00 e. The Morgan fingerprint density at radius 1 is 1.38 bits per heavy atom. The van der Waals surface area contributed by atoms with E-state index >= 15 is 0 Å². The fourth-order valence-electron chi connectivity index (χ4n) is 0. The summed E-state index contributed by atoms with van der Waals surface area (Å²) in [5, 5.41) is 0.000000000000000222. The normalized spacial score (nSPS) is 11.1. The van der Waals surface area contributed by atoms with Crippen molar-refractivity contribution in [3.63, 3.8) is 0 Å². The molecule has 42 valence electrons. The predicted molar refractivity (Wildman–Crippen MR) is 35.7 cm³/mol. The van der Waals surface area contributed by atoms with Crippen molar-refractivity contribution in [1.82, 2.24) is 0 Å². The summed E-state index contributed by atoms with van der Waals surface area (Å²) in [7, 11) is 5.68. The Hall–Kier alpha value is 0.662. The average molecular weight is 104 g/mol. The molecule has 0 fully saturated rings. The number of hydrogen-bond acceptors (Lipinski definition) is 0. The number of rotatable bonds is 1. The second kappa shape index (κ2) is 3.64. The third kappa shape index (κ3) is 4.81. The van der Waals surface area contributed by atoms with Crippen molar-refractivity contribution >= 4 is 7.85 Å². The van der Waals surface area contributed by atoms with Gasteiger partial charge in [0.1, 0.15) is 0 Å². The van der Waals surface area contributed by atoms with Crippen LogP contribution in [-0.4, -0.2) is 7.85 Å². The Labute approximate surface area is 67.5 Å². The first-order valence-electron chi connectivity index (χ1n) is 2.73. The Bertz CT molecular complexity index is 58.6. The van der Waals surface area contributed by atoms with Crippen molar-refractivity contribution in [1.29, 1.82) is 0 Å². The van der Waals surface area contributed by atoms with E-state index in [1.807, 2.05) is 13.8 Å². The summed E-state index contributed by atoms with van der Waals surface area (Å²) in [5.41, 5.74) is 0. The van der Waals surface area contributed by atoms with Crippen molar-refractivity contribution < 1.29 is 20.3 Å². The van der Waals surface area contributed by atoms with Gasteiger partial charge in [0.15, 0.2) is 0 Å². The molecule has 0 aromatic heterocycles. The van der Waals surface area contributed by atoms with E-state index in [9.17, 15) is 0 Å². The van der Waals surface area contributed by atoms with Crippen LogP contribution in [0.3, 0.4) is 0 Å². The second-order valence-corrected chi connectivity index (χ2v) is 2.98. The Morgan fingerprint density at radius 3 is 1.50 bits per heavy atom. The van der Waals surface area contributed by atoms with Gasteiger partial charge in [-0.1, -0.05) is 33.0 Å². The van der Waals surface area contributed by atoms with E-state index in [1.54, 1.807) is 0 Å². The molecule has 0 bridgehead atoms. The molecule has 0 amide bonds. The van der Waals surface area contributed by atoms with Gasteiger partial charge in [-0.25, -0.2) is 0 Å². The van der Waals surface area contributed by atoms with Gasteiger partial charge in [0.05, 0.1) is 7.85 Å². The van der Waals surface area contributed by atoms with Crippen LogP contribution >= 0.6 is 0 Å². The molecule has 0 saturated heterocycles. The maximum atomic E-state index is 5.68. The zero-order chi connectivity index (χ0) is 6.08. The first-order valence-corrected chi connectivity index (χ1v) is 2.73. The summed E-state index contributed by atoms with van der Waals surface area (Å²) in [5.74, 6) is 0.576. The molecule has 0 aliphatic carbocycles. The van der Waals surface area contributed by atoms with Gasteiger partial charge >= 0.3 is 18.9 Å². The van der Waals surface area contributed by atoms with Crippen molar-refractivity contribution in [2.75, 3.05) is 0 Å². The molecule has 2 radical (unpaired) electrons. The monoisotopic (exact) mass is 104 g/mol. The first-order chi connectivity index (χ1) is 2.94. The van der Waals surface area contributed by atoms with E-state index in [0.29, 0.717) is 5.92 Å². The van der Waals surface area contributed by atoms with Gasteiger partial charge < -0.3 is 1.43 Å². The van der Waals surface area contributed by atoms with Crippen LogP contribution in [0.25, 0.3) is 0 Å². The van der Waals surface area contributed by atoms with Crippen LogP contribution in [0.4, 0.5) is 0 Å². The summed E-state index contributed by atoms with van der Waals surface area (Å²) in [6.45, 7) is 8.33. The molecular formula is C6H14BLi. The zero-order valence-corrected chi connectivity index (χ0v) is 6.65. The maximum absolute atomic E-state index is 5.68. The van der Waals surface area contributed by atoms with Crippen molar-refractivity contribution in [3.8, 4) is 0 Å². The molecule has 0 rings (SSSR count). The first kappa shape index (κ1) is 11.5. The minimum atomic E-state index is 0. The Balaban J connectivity index is -0.000000180. The third-order valence-corrected chi connectivity index (χ3v) is 1.49. The molecule has 0 saturated carbocycles. The molecule has 8 heavy (non-hydrogen) atoms. The van der Waals surface area contributed by atoms with Gasteiger partial charge in [-0.05, 0) is 5.92 Å². The fourth-order valence-corrected chi connectivity index (χ4v) is 0. The molecule has 0 spiro atoms. The summed E-state index contributed by atoms with van der Waals surface area (Å²) in [6, 6.07) is 0. The summed E-state index contributed by atoms with van der Waals surface area (Å²) in [6.07, 6.45) is 0. The van der Waals surface area contributed by atoms with Crippen LogP contribution in [0.2, 0.25) is 5.31 Å². The summed E-state index contributed by atoms with van der Waals surface area (Å²) in [4.78, 5) is 0. The van der Waals surface area contributed by atoms with E-state index in [4.69, 9.17) is 7.85 Å². The molecule has 0 aliphatic heterocycles. The Morgan fingerprint density at radius 2 is 1.50 bits per heavy atom. The van der Waals surface area contributed by atoms with Gasteiger partial charge in [0.2, 0.25) is 0 Å². The van der Waals surface area contributed by atoms with E-state index in [1.165, 1.54) is 0 Å². The van der Waals surface area contributed by atoms with Crippen LogP contribution in [0.1, 0.15) is 29.1 Å². The van der Waals surface area contributed by atoms with Gasteiger partial charge in [-0.15, -0.1) is 0 Å². The van der Waals surface area contributed by atoms with Crippen LogP contribution in [0.15, 0.2) is 0 Å². The van der Waals surface area contributed by atoms with Gasteiger partial charge in [-0.3, -0.25) is 0 Å². The van der Waals surface area contributed by atoms with Crippen LogP contribution in [0.5, 0.6) is 0 Å². The minimum Gasteiger partial charge on any atom is -1.00 e. The summed E-state index contributed by atoms with van der Waals surface area (Å²) >= 11 is 0. The molecule has 0 nitrogen and oxygen atoms in total. The smallest absolute Gasteiger partial charge is 1.00 e. The number of hydrogen-bond donors (Lipinski definition) is 0. The van der Waals surface area contributed by atoms with Crippen LogP contribution < -0.4 is 18.9 Å². The third-order valence-electron chi connectivity index (χ3n) is 1.49. The maximum Gasteiger partial charge on any atom is 1.00 e. The predicted octanol–water partition coefficient (Wildman–Crippen LogP) is -0.874. The van der Waals surface area contributed by atoms with Gasteiger partial charge in [0.25, 0.3) is 0 Å². The molecular weight excluding hydrogens is 89.8 g/mol. The molecule has 0 unspecified atom stereocenters. The fraction of sp³-hybridized carbons (Fsp3) is 1.00. The summed E-state index contributed by atoms with van der Waals surface area (Å²) < 4.78 is 0. The van der Waals surface area contributed by atoms with Gasteiger partial charge in [-0.2, -0.15) is 0 Å². The van der Waals surface area contributed by atoms with Crippen molar-refractivity contribution in [3.05, 3.63) is 0 Å². The second-order valence-electron chi connectivity index (χ2n) is 2.98.